The van der Waals surface area contributed by atoms with Crippen molar-refractivity contribution in [3.8, 4) is 0 Å². The summed E-state index contributed by atoms with van der Waals surface area (Å²) in [6, 6.07) is -1.08. The van der Waals surface area contributed by atoms with Crippen LogP contribution in [0.25, 0.3) is 0 Å². The van der Waals surface area contributed by atoms with Crippen LogP contribution in [0.4, 0.5) is 0 Å². The van der Waals surface area contributed by atoms with Crippen molar-refractivity contribution in [2.24, 2.45) is 11.7 Å². The van der Waals surface area contributed by atoms with Gasteiger partial charge >= 0.3 is 11.9 Å². The largest absolute Gasteiger partial charge is 0.480 e. The van der Waals surface area contributed by atoms with Crippen molar-refractivity contribution >= 4 is 11.9 Å². The van der Waals surface area contributed by atoms with Crippen LogP contribution in [0.15, 0.2) is 12.2 Å². The van der Waals surface area contributed by atoms with Crippen molar-refractivity contribution < 1.29 is 19.5 Å². The molecule has 0 aliphatic rings. The summed E-state index contributed by atoms with van der Waals surface area (Å²) in [4.78, 5) is 27.8. The Labute approximate surface area is 158 Å². The molecule has 0 amide bonds. The van der Waals surface area contributed by atoms with Gasteiger partial charge in [-0.2, -0.15) is 5.48 Å². The third kappa shape index (κ3) is 13.8. The highest BCUT2D eigenvalue weighted by atomic mass is 16.7. The first-order valence-electron chi connectivity index (χ1n) is 10.1. The predicted molar refractivity (Wildman–Crippen MR) is 104 cm³/mol. The molecule has 0 fully saturated rings. The monoisotopic (exact) mass is 370 g/mol. The second-order valence-corrected chi connectivity index (χ2v) is 6.81. The molecule has 0 saturated carbocycles. The first-order valence-corrected chi connectivity index (χ1v) is 10.1. The molecule has 6 heteroatoms. The molecule has 0 rings (SSSR count). The summed E-state index contributed by atoms with van der Waals surface area (Å²) in [7, 11) is 0. The lowest BCUT2D eigenvalue weighted by Crippen LogP contribution is -2.35. The highest BCUT2D eigenvalue weighted by Gasteiger charge is 2.23. The van der Waals surface area contributed by atoms with Crippen LogP contribution in [0, 0.1) is 5.92 Å². The average Bonchev–Trinajstić information content (AvgIpc) is 2.61. The maximum absolute atomic E-state index is 12.0. The molecule has 2 atom stereocenters. The molecule has 4 N–H and O–H groups in total. The van der Waals surface area contributed by atoms with Gasteiger partial charge < -0.3 is 15.7 Å². The highest BCUT2D eigenvalue weighted by Crippen LogP contribution is 2.11. The molecule has 152 valence electrons. The Morgan fingerprint density at radius 1 is 1.04 bits per heavy atom. The summed E-state index contributed by atoms with van der Waals surface area (Å²) >= 11 is 0. The van der Waals surface area contributed by atoms with Crippen molar-refractivity contribution in [1.29, 1.82) is 0 Å². The Bertz CT molecular complexity index is 399. The maximum atomic E-state index is 12.0. The molecule has 0 radical (unpaired) electrons. The highest BCUT2D eigenvalue weighted by molar-refractivity contribution is 5.77. The van der Waals surface area contributed by atoms with Gasteiger partial charge in [0.05, 0.1) is 5.92 Å². The molecule has 0 aromatic carbocycles. The quantitative estimate of drug-likeness (QED) is 0.204. The number of rotatable bonds is 17. The van der Waals surface area contributed by atoms with Crippen molar-refractivity contribution in [3.05, 3.63) is 12.2 Å². The summed E-state index contributed by atoms with van der Waals surface area (Å²) in [5.74, 6) is -2.26. The molecule has 0 bridgehead atoms. The number of carbonyl (C=O) groups excluding carboxylic acids is 1. The smallest absolute Gasteiger partial charge is 0.331 e. The van der Waals surface area contributed by atoms with Crippen LogP contribution < -0.4 is 11.2 Å². The zero-order valence-electron chi connectivity index (χ0n) is 16.5. The number of nitrogens with one attached hydrogen (secondary N) is 1. The van der Waals surface area contributed by atoms with Gasteiger partial charge in [-0.05, 0) is 19.8 Å². The minimum Gasteiger partial charge on any atom is -0.480 e. The summed E-state index contributed by atoms with van der Waals surface area (Å²) in [6.45, 7) is 4.61. The van der Waals surface area contributed by atoms with Crippen molar-refractivity contribution in [2.45, 2.75) is 90.5 Å². The van der Waals surface area contributed by atoms with Gasteiger partial charge in [0.25, 0.3) is 0 Å². The van der Waals surface area contributed by atoms with Crippen LogP contribution in [0.1, 0.15) is 84.5 Å². The number of carboxylic acid groups (broad SMARTS) is 1. The zero-order chi connectivity index (χ0) is 19.6. The van der Waals surface area contributed by atoms with Gasteiger partial charge in [-0.25, -0.2) is 4.79 Å². The molecule has 26 heavy (non-hydrogen) atoms. The summed E-state index contributed by atoms with van der Waals surface area (Å²) in [6.07, 6.45) is 15.9. The van der Waals surface area contributed by atoms with Crippen LogP contribution in [0.5, 0.6) is 0 Å². The fourth-order valence-electron chi connectivity index (χ4n) is 2.74. The van der Waals surface area contributed by atoms with Gasteiger partial charge in [0.15, 0.2) is 0 Å². The van der Waals surface area contributed by atoms with E-state index in [1.165, 1.54) is 51.4 Å². The summed E-state index contributed by atoms with van der Waals surface area (Å²) in [5.41, 5.74) is 8.17. The number of hydroxylamine groups is 1. The SMILES string of the molecule is CC=CC(C[C@H](N)C(=O)O)C(=O)ONCCCCCCCCCCCC. The van der Waals surface area contributed by atoms with Gasteiger partial charge in [-0.15, -0.1) is 0 Å². The fourth-order valence-corrected chi connectivity index (χ4v) is 2.74. The second kappa shape index (κ2) is 17.0. The van der Waals surface area contributed by atoms with E-state index in [4.69, 9.17) is 15.7 Å². The van der Waals surface area contributed by atoms with E-state index in [1.54, 1.807) is 19.1 Å². The number of hydrogen-bond donors (Lipinski definition) is 3. The molecule has 0 spiro atoms. The van der Waals surface area contributed by atoms with E-state index in [2.05, 4.69) is 12.4 Å². The van der Waals surface area contributed by atoms with E-state index >= 15 is 0 Å². The summed E-state index contributed by atoms with van der Waals surface area (Å²) < 4.78 is 0. The zero-order valence-corrected chi connectivity index (χ0v) is 16.5. The van der Waals surface area contributed by atoms with Crippen molar-refractivity contribution in [3.63, 3.8) is 0 Å². The van der Waals surface area contributed by atoms with Gasteiger partial charge in [-0.1, -0.05) is 76.9 Å². The van der Waals surface area contributed by atoms with E-state index in [0.29, 0.717) is 6.54 Å². The molecule has 6 nitrogen and oxygen atoms in total. The van der Waals surface area contributed by atoms with E-state index < -0.39 is 23.9 Å². The minimum absolute atomic E-state index is 0.0262. The van der Waals surface area contributed by atoms with E-state index in [1.807, 2.05) is 0 Å². The number of hydrogen-bond acceptors (Lipinski definition) is 5. The lowest BCUT2D eigenvalue weighted by molar-refractivity contribution is -0.155. The van der Waals surface area contributed by atoms with Gasteiger partial charge in [0.2, 0.25) is 0 Å². The molecule has 0 aromatic heterocycles. The summed E-state index contributed by atoms with van der Waals surface area (Å²) in [5, 5.41) is 8.85. The lowest BCUT2D eigenvalue weighted by Gasteiger charge is -2.14. The Kier molecular flexibility index (Phi) is 16.1. The van der Waals surface area contributed by atoms with Crippen LogP contribution in [0.2, 0.25) is 0 Å². The molecule has 0 aliphatic heterocycles. The van der Waals surface area contributed by atoms with Crippen LogP contribution in [-0.4, -0.2) is 29.6 Å². The Hall–Kier alpha value is -1.40. The van der Waals surface area contributed by atoms with Gasteiger partial charge in [-0.3, -0.25) is 4.79 Å². The van der Waals surface area contributed by atoms with Crippen molar-refractivity contribution in [1.82, 2.24) is 5.48 Å². The molecular formula is C20H38N2O4. The molecule has 0 aromatic rings. The topological polar surface area (TPSA) is 102 Å². The molecule has 1 unspecified atom stereocenters. The predicted octanol–water partition coefficient (Wildman–Crippen LogP) is 3.95. The fraction of sp³-hybridized carbons (Fsp3) is 0.800. The molecule has 0 saturated heterocycles. The standard InChI is InChI=1S/C20H38N2O4/c1-3-5-6-7-8-9-10-11-12-13-15-22-26-20(25)17(14-4-2)16-18(21)19(23)24/h4,14,17-18,22H,3,5-13,15-16,21H2,1-2H3,(H,23,24)/t17?,18-/m0/s1. The number of nitrogens with two attached hydrogens (primary N) is 1. The van der Waals surface area contributed by atoms with Crippen LogP contribution in [0.3, 0.4) is 0 Å². The number of aliphatic carboxylic acids is 1. The van der Waals surface area contributed by atoms with E-state index in [-0.39, 0.29) is 6.42 Å². The Morgan fingerprint density at radius 3 is 2.08 bits per heavy atom. The number of unbranched alkanes of at least 4 members (excludes halogenated alkanes) is 9. The average molecular weight is 371 g/mol. The number of carbonyl (C=O) groups is 2. The third-order valence-corrected chi connectivity index (χ3v) is 4.36. The van der Waals surface area contributed by atoms with Gasteiger partial charge in [0.1, 0.15) is 6.04 Å². The Morgan fingerprint density at radius 2 is 1.58 bits per heavy atom. The van der Waals surface area contributed by atoms with E-state index in [0.717, 1.165) is 12.8 Å². The number of allylic oxidation sites excluding steroid dienone is 1. The van der Waals surface area contributed by atoms with E-state index in [9.17, 15) is 9.59 Å². The molecule has 0 aliphatic carbocycles. The third-order valence-electron chi connectivity index (χ3n) is 4.36. The normalized spacial score (nSPS) is 13.7. The maximum Gasteiger partial charge on any atom is 0.331 e. The Balaban J connectivity index is 3.69. The van der Waals surface area contributed by atoms with Crippen LogP contribution >= 0.6 is 0 Å². The van der Waals surface area contributed by atoms with Crippen LogP contribution in [-0.2, 0) is 14.4 Å². The van der Waals surface area contributed by atoms with Crippen molar-refractivity contribution in [2.75, 3.05) is 6.54 Å². The van der Waals surface area contributed by atoms with Gasteiger partial charge in [0, 0.05) is 6.54 Å². The first kappa shape index (κ1) is 24.6. The first-order chi connectivity index (χ1) is 12.5. The minimum atomic E-state index is -1.12. The number of carboxylic acids is 1. The molecular weight excluding hydrogens is 332 g/mol. The molecule has 0 heterocycles. The lowest BCUT2D eigenvalue weighted by atomic mass is 10.00. The second-order valence-electron chi connectivity index (χ2n) is 6.81.